The lowest BCUT2D eigenvalue weighted by molar-refractivity contribution is -0.142. The highest BCUT2D eigenvalue weighted by molar-refractivity contribution is 7.80. The molecule has 0 aliphatic carbocycles. The Bertz CT molecular complexity index is 1380. The number of aromatic amines is 1. The molecule has 12 nitrogen and oxygen atoms in total. The molecule has 4 unspecified atom stereocenters. The smallest absolute Gasteiger partial charge is 0.326 e. The Morgan fingerprint density at radius 2 is 1.41 bits per heavy atom. The molecule has 3 rings (SSSR count). The minimum absolute atomic E-state index is 0.00586. The van der Waals surface area contributed by atoms with E-state index in [4.69, 9.17) is 11.5 Å². The average molecular weight is 583 g/mol. The van der Waals surface area contributed by atoms with Gasteiger partial charge in [0.2, 0.25) is 23.6 Å². The first-order valence-electron chi connectivity index (χ1n) is 13.0. The van der Waals surface area contributed by atoms with Crippen LogP contribution in [0.2, 0.25) is 0 Å². The van der Waals surface area contributed by atoms with Crippen molar-refractivity contribution in [2.75, 3.05) is 5.75 Å². The molecule has 3 aromatic rings. The van der Waals surface area contributed by atoms with Gasteiger partial charge in [0.1, 0.15) is 18.1 Å². The first-order chi connectivity index (χ1) is 19.6. The summed E-state index contributed by atoms with van der Waals surface area (Å²) in [6.45, 7) is 0. The molecule has 0 saturated heterocycles. The first kappa shape index (κ1) is 31.2. The van der Waals surface area contributed by atoms with Gasteiger partial charge in [0.05, 0.1) is 6.04 Å². The van der Waals surface area contributed by atoms with Gasteiger partial charge in [-0.1, -0.05) is 48.5 Å². The normalized spacial score (nSPS) is 13.9. The van der Waals surface area contributed by atoms with Crippen LogP contribution < -0.4 is 27.4 Å². The molecule has 0 aliphatic rings. The maximum atomic E-state index is 13.6. The highest BCUT2D eigenvalue weighted by atomic mass is 32.1. The van der Waals surface area contributed by atoms with Crippen LogP contribution in [0.5, 0.6) is 0 Å². The Hall–Kier alpha value is -4.36. The Morgan fingerprint density at radius 1 is 0.829 bits per heavy atom. The maximum absolute atomic E-state index is 13.6. The number of benzene rings is 2. The van der Waals surface area contributed by atoms with E-state index in [0.717, 1.165) is 16.5 Å². The second-order valence-corrected chi connectivity index (χ2v) is 9.93. The summed E-state index contributed by atoms with van der Waals surface area (Å²) in [6, 6.07) is 11.6. The summed E-state index contributed by atoms with van der Waals surface area (Å²) in [4.78, 5) is 65.7. The van der Waals surface area contributed by atoms with Crippen LogP contribution in [0.4, 0.5) is 0 Å². The Morgan fingerprint density at radius 3 is 2.05 bits per heavy atom. The molecule has 0 spiro atoms. The third-order valence-corrected chi connectivity index (χ3v) is 6.87. The van der Waals surface area contributed by atoms with E-state index in [-0.39, 0.29) is 31.4 Å². The molecule has 0 radical (unpaired) electrons. The second-order valence-electron chi connectivity index (χ2n) is 9.57. The number of carbonyl (C=O) groups excluding carboxylic acids is 4. The molecule has 1 heterocycles. The van der Waals surface area contributed by atoms with Gasteiger partial charge in [0.25, 0.3) is 0 Å². The SMILES string of the molecule is NC(=O)CCC(NC(=O)C(Cc1c[nH]c2ccccc12)NC(=O)C(Cc1ccccc1)NC(=O)C(N)CS)C(=O)O. The molecule has 0 saturated carbocycles. The van der Waals surface area contributed by atoms with Crippen molar-refractivity contribution in [3.05, 3.63) is 71.9 Å². The van der Waals surface area contributed by atoms with Gasteiger partial charge in [-0.15, -0.1) is 0 Å². The number of primary amides is 1. The van der Waals surface area contributed by atoms with Crippen molar-refractivity contribution >= 4 is 53.1 Å². The number of carboxylic acid groups (broad SMARTS) is 1. The van der Waals surface area contributed by atoms with E-state index in [2.05, 4.69) is 33.6 Å². The number of para-hydroxylation sites is 1. The molecule has 13 heteroatoms. The van der Waals surface area contributed by atoms with Gasteiger partial charge in [-0.3, -0.25) is 19.2 Å². The highest BCUT2D eigenvalue weighted by Crippen LogP contribution is 2.19. The van der Waals surface area contributed by atoms with E-state index in [1.165, 1.54) is 0 Å². The molecule has 4 amide bonds. The third kappa shape index (κ3) is 9.08. The summed E-state index contributed by atoms with van der Waals surface area (Å²) in [6.07, 6.45) is 1.33. The zero-order valence-electron chi connectivity index (χ0n) is 22.2. The largest absolute Gasteiger partial charge is 0.480 e. The van der Waals surface area contributed by atoms with Crippen molar-refractivity contribution in [1.82, 2.24) is 20.9 Å². The lowest BCUT2D eigenvalue weighted by Crippen LogP contribution is -2.58. The Kier molecular flexibility index (Phi) is 11.3. The predicted molar refractivity (Wildman–Crippen MR) is 156 cm³/mol. The van der Waals surface area contributed by atoms with E-state index in [0.29, 0.717) is 5.56 Å². The van der Waals surface area contributed by atoms with E-state index >= 15 is 0 Å². The van der Waals surface area contributed by atoms with Crippen LogP contribution in [0.15, 0.2) is 60.8 Å². The number of thiol groups is 1. The third-order valence-electron chi connectivity index (χ3n) is 6.48. The van der Waals surface area contributed by atoms with Gasteiger partial charge in [-0.2, -0.15) is 12.6 Å². The van der Waals surface area contributed by atoms with Crippen LogP contribution in [0.1, 0.15) is 24.0 Å². The fraction of sp³-hybridized carbons (Fsp3) is 0.321. The summed E-state index contributed by atoms with van der Waals surface area (Å²) >= 11 is 4.05. The van der Waals surface area contributed by atoms with Gasteiger partial charge in [-0.25, -0.2) is 4.79 Å². The second kappa shape index (κ2) is 14.9. The number of hydrogen-bond acceptors (Lipinski definition) is 7. The van der Waals surface area contributed by atoms with E-state index in [1.807, 2.05) is 30.3 Å². The van der Waals surface area contributed by atoms with Crippen molar-refractivity contribution in [1.29, 1.82) is 0 Å². The van der Waals surface area contributed by atoms with Crippen LogP contribution in [0, 0.1) is 0 Å². The van der Waals surface area contributed by atoms with E-state index in [9.17, 15) is 29.1 Å². The first-order valence-corrected chi connectivity index (χ1v) is 13.6. The molecule has 1 aromatic heterocycles. The maximum Gasteiger partial charge on any atom is 0.326 e. The van der Waals surface area contributed by atoms with Crippen LogP contribution in [0.25, 0.3) is 10.9 Å². The predicted octanol–water partition coefficient (Wildman–Crippen LogP) is 0.0147. The van der Waals surface area contributed by atoms with Gasteiger partial charge in [0, 0.05) is 42.1 Å². The zero-order chi connectivity index (χ0) is 29.9. The molecular weight excluding hydrogens is 548 g/mol. The van der Waals surface area contributed by atoms with Crippen molar-refractivity contribution < 1.29 is 29.1 Å². The van der Waals surface area contributed by atoms with E-state index in [1.54, 1.807) is 30.5 Å². The molecule has 218 valence electrons. The average Bonchev–Trinajstić information content (AvgIpc) is 3.36. The minimum Gasteiger partial charge on any atom is -0.480 e. The quantitative estimate of drug-likeness (QED) is 0.115. The molecule has 4 atom stereocenters. The molecule has 41 heavy (non-hydrogen) atoms. The number of hydrogen-bond donors (Lipinski definition) is 8. The van der Waals surface area contributed by atoms with Gasteiger partial charge in [-0.05, 0) is 23.6 Å². The van der Waals surface area contributed by atoms with Crippen molar-refractivity contribution in [3.8, 4) is 0 Å². The fourth-order valence-corrected chi connectivity index (χ4v) is 4.40. The van der Waals surface area contributed by atoms with Crippen LogP contribution in [-0.4, -0.2) is 69.6 Å². The number of rotatable bonds is 15. The summed E-state index contributed by atoms with van der Waals surface area (Å²) in [7, 11) is 0. The lowest BCUT2D eigenvalue weighted by Gasteiger charge is -2.25. The Labute approximate surface area is 242 Å². The summed E-state index contributed by atoms with van der Waals surface area (Å²) in [5.74, 6) is -4.06. The van der Waals surface area contributed by atoms with Crippen molar-refractivity contribution in [3.63, 3.8) is 0 Å². The zero-order valence-corrected chi connectivity index (χ0v) is 23.1. The van der Waals surface area contributed by atoms with Crippen LogP contribution in [-0.2, 0) is 36.8 Å². The van der Waals surface area contributed by atoms with Crippen molar-refractivity contribution in [2.24, 2.45) is 11.5 Å². The summed E-state index contributed by atoms with van der Waals surface area (Å²) in [5, 5.41) is 18.1. The number of nitrogens with two attached hydrogens (primary N) is 2. The molecule has 0 aliphatic heterocycles. The molecular formula is C28H34N6O6S. The summed E-state index contributed by atoms with van der Waals surface area (Å²) in [5.41, 5.74) is 13.2. The number of carbonyl (C=O) groups is 5. The van der Waals surface area contributed by atoms with Gasteiger partial charge in [0.15, 0.2) is 0 Å². The number of carboxylic acids is 1. The molecule has 9 N–H and O–H groups in total. The van der Waals surface area contributed by atoms with Crippen molar-refractivity contribution in [2.45, 2.75) is 49.9 Å². The fourth-order valence-electron chi connectivity index (χ4n) is 4.24. The number of aromatic nitrogens is 1. The van der Waals surface area contributed by atoms with Crippen LogP contribution >= 0.6 is 12.6 Å². The molecule has 0 bridgehead atoms. The molecule has 0 fully saturated rings. The lowest BCUT2D eigenvalue weighted by atomic mass is 10.0. The number of nitrogens with one attached hydrogen (secondary N) is 4. The van der Waals surface area contributed by atoms with Gasteiger partial charge >= 0.3 is 5.97 Å². The number of aliphatic carboxylic acids is 1. The minimum atomic E-state index is -1.41. The topological polar surface area (TPSA) is 209 Å². The van der Waals surface area contributed by atoms with Gasteiger partial charge < -0.3 is 37.5 Å². The standard InChI is InChI=1S/C28H34N6O6S/c29-19(15-41)25(36)33-22(12-16-6-2-1-3-7-16)26(37)34-23(13-17-14-31-20-9-5-4-8-18(17)20)27(38)32-21(28(39)40)10-11-24(30)35/h1-9,14,19,21-23,31,41H,10-13,15,29H2,(H2,30,35)(H,32,38)(H,33,36)(H,34,37)(H,39,40). The number of amides is 4. The van der Waals surface area contributed by atoms with E-state index < -0.39 is 53.8 Å². The highest BCUT2D eigenvalue weighted by Gasteiger charge is 2.31. The molecule has 2 aromatic carbocycles. The van der Waals surface area contributed by atoms with Crippen LogP contribution in [0.3, 0.4) is 0 Å². The number of fused-ring (bicyclic) bond motifs is 1. The summed E-state index contributed by atoms with van der Waals surface area (Å²) < 4.78 is 0. The number of H-pyrrole nitrogens is 1. The Balaban J connectivity index is 1.89. The monoisotopic (exact) mass is 582 g/mol.